The molecular weight excluding hydrogens is 200 g/mol. The van der Waals surface area contributed by atoms with Crippen LogP contribution in [-0.4, -0.2) is 55.1 Å². The van der Waals surface area contributed by atoms with Crippen molar-refractivity contribution in [2.24, 2.45) is 5.73 Å². The second kappa shape index (κ2) is 5.62. The van der Waals surface area contributed by atoms with Crippen molar-refractivity contribution in [1.82, 2.24) is 9.80 Å². The molecule has 1 fully saturated rings. The summed E-state index contributed by atoms with van der Waals surface area (Å²) in [6.07, 6.45) is 3.19. The van der Waals surface area contributed by atoms with Gasteiger partial charge in [0.2, 0.25) is 0 Å². The highest BCUT2D eigenvalue weighted by Gasteiger charge is 2.23. The van der Waals surface area contributed by atoms with Crippen molar-refractivity contribution < 1.29 is 0 Å². The molecule has 1 saturated heterocycles. The third-order valence-electron chi connectivity index (χ3n) is 3.55. The van der Waals surface area contributed by atoms with Crippen LogP contribution in [-0.2, 0) is 0 Å². The molecular formula is C12H24N4. The third-order valence-corrected chi connectivity index (χ3v) is 3.55. The average Bonchev–Trinajstić information content (AvgIpc) is 2.27. The minimum Gasteiger partial charge on any atom is -0.314 e. The monoisotopic (exact) mass is 224 g/mol. The summed E-state index contributed by atoms with van der Waals surface area (Å²) in [6.45, 7) is 5.06. The smallest absolute Gasteiger partial charge is 0.102 e. The molecule has 1 aliphatic heterocycles. The number of nitrogens with two attached hydrogens (primary N) is 1. The fourth-order valence-corrected chi connectivity index (χ4v) is 2.08. The van der Waals surface area contributed by atoms with Crippen LogP contribution in [0.2, 0.25) is 0 Å². The lowest BCUT2D eigenvalue weighted by atomic mass is 9.99. The summed E-state index contributed by atoms with van der Waals surface area (Å²) in [5.74, 6) is 0. The van der Waals surface area contributed by atoms with Crippen LogP contribution in [0.25, 0.3) is 0 Å². The Hall–Kier alpha value is -0.630. The van der Waals surface area contributed by atoms with Crippen molar-refractivity contribution in [2.45, 2.75) is 37.8 Å². The lowest BCUT2D eigenvalue weighted by Crippen LogP contribution is -2.45. The highest BCUT2D eigenvalue weighted by atomic mass is 15.2. The summed E-state index contributed by atoms with van der Waals surface area (Å²) in [6, 6.07) is 2.81. The van der Waals surface area contributed by atoms with Crippen LogP contribution in [0.5, 0.6) is 0 Å². The van der Waals surface area contributed by atoms with Crippen LogP contribution in [0.1, 0.15) is 26.2 Å². The van der Waals surface area contributed by atoms with Crippen LogP contribution in [0.4, 0.5) is 0 Å². The molecule has 0 aromatic rings. The van der Waals surface area contributed by atoms with Gasteiger partial charge in [-0.3, -0.25) is 0 Å². The van der Waals surface area contributed by atoms with Gasteiger partial charge in [-0.2, -0.15) is 5.26 Å². The summed E-state index contributed by atoms with van der Waals surface area (Å²) >= 11 is 0. The Balaban J connectivity index is 2.30. The highest BCUT2D eigenvalue weighted by molar-refractivity contribution is 5.01. The van der Waals surface area contributed by atoms with E-state index in [-0.39, 0.29) is 0 Å². The maximum atomic E-state index is 8.85. The first kappa shape index (κ1) is 13.4. The van der Waals surface area contributed by atoms with Crippen molar-refractivity contribution in [3.63, 3.8) is 0 Å². The number of likely N-dealkylation sites (tertiary alicyclic amines) is 1. The molecule has 1 atom stereocenters. The van der Waals surface area contributed by atoms with E-state index in [1.165, 1.54) is 25.9 Å². The van der Waals surface area contributed by atoms with Crippen molar-refractivity contribution in [3.8, 4) is 6.07 Å². The van der Waals surface area contributed by atoms with Gasteiger partial charge >= 0.3 is 0 Å². The van der Waals surface area contributed by atoms with Gasteiger partial charge in [0.25, 0.3) is 0 Å². The molecule has 16 heavy (non-hydrogen) atoms. The number of piperidine rings is 1. The number of hydrogen-bond acceptors (Lipinski definition) is 4. The fourth-order valence-electron chi connectivity index (χ4n) is 2.08. The van der Waals surface area contributed by atoms with E-state index in [0.29, 0.717) is 6.04 Å². The van der Waals surface area contributed by atoms with Gasteiger partial charge in [0.1, 0.15) is 5.54 Å². The number of nitriles is 1. The van der Waals surface area contributed by atoms with E-state index in [0.717, 1.165) is 13.0 Å². The molecule has 0 bridgehead atoms. The van der Waals surface area contributed by atoms with E-state index < -0.39 is 5.54 Å². The van der Waals surface area contributed by atoms with Gasteiger partial charge < -0.3 is 15.5 Å². The molecule has 0 saturated carbocycles. The van der Waals surface area contributed by atoms with Gasteiger partial charge in [-0.1, -0.05) is 0 Å². The van der Waals surface area contributed by atoms with Gasteiger partial charge in [0.05, 0.1) is 6.07 Å². The lowest BCUT2D eigenvalue weighted by Gasteiger charge is -2.35. The van der Waals surface area contributed by atoms with Gasteiger partial charge in [0, 0.05) is 12.6 Å². The lowest BCUT2D eigenvalue weighted by molar-refractivity contribution is 0.139. The van der Waals surface area contributed by atoms with Crippen LogP contribution >= 0.6 is 0 Å². The Kier molecular flexibility index (Phi) is 4.72. The molecule has 2 N–H and O–H groups in total. The highest BCUT2D eigenvalue weighted by Crippen LogP contribution is 2.15. The van der Waals surface area contributed by atoms with E-state index in [4.69, 9.17) is 11.0 Å². The Morgan fingerprint density at radius 3 is 2.56 bits per heavy atom. The fraction of sp³-hybridized carbons (Fsp3) is 0.917. The molecule has 4 nitrogen and oxygen atoms in total. The predicted octanol–water partition coefficient (Wildman–Crippen LogP) is 0.643. The summed E-state index contributed by atoms with van der Waals surface area (Å²) in [5.41, 5.74) is 5.14. The summed E-state index contributed by atoms with van der Waals surface area (Å²) in [4.78, 5) is 4.72. The normalized spacial score (nSPS) is 23.0. The molecule has 4 heteroatoms. The van der Waals surface area contributed by atoms with Crippen LogP contribution in [0.3, 0.4) is 0 Å². The first-order chi connectivity index (χ1) is 7.44. The maximum Gasteiger partial charge on any atom is 0.102 e. The quantitative estimate of drug-likeness (QED) is 0.761. The minimum absolute atomic E-state index is 0.658. The molecule has 0 aromatic heterocycles. The molecule has 92 valence electrons. The van der Waals surface area contributed by atoms with E-state index in [1.807, 2.05) is 0 Å². The molecule has 0 aromatic carbocycles. The Bertz CT molecular complexity index is 248. The predicted molar refractivity (Wildman–Crippen MR) is 66.0 cm³/mol. The molecule has 0 aliphatic carbocycles. The van der Waals surface area contributed by atoms with Crippen LogP contribution in [0.15, 0.2) is 0 Å². The summed E-state index contributed by atoms with van der Waals surface area (Å²) in [7, 11) is 4.31. The summed E-state index contributed by atoms with van der Waals surface area (Å²) in [5, 5.41) is 8.85. The van der Waals surface area contributed by atoms with Crippen LogP contribution < -0.4 is 5.73 Å². The van der Waals surface area contributed by atoms with Gasteiger partial charge in [-0.05, 0) is 53.4 Å². The zero-order chi connectivity index (χ0) is 12.2. The molecule has 1 rings (SSSR count). The maximum absolute atomic E-state index is 8.85. The van der Waals surface area contributed by atoms with Crippen LogP contribution in [0, 0.1) is 11.3 Å². The zero-order valence-corrected chi connectivity index (χ0v) is 10.7. The van der Waals surface area contributed by atoms with Gasteiger partial charge in [0.15, 0.2) is 0 Å². The molecule has 0 spiro atoms. The van der Waals surface area contributed by atoms with E-state index in [2.05, 4.69) is 30.0 Å². The standard InChI is InChI=1S/C12H24N4/c1-12(14,10-13)6-9-16(3)11-4-7-15(2)8-5-11/h11H,4-9,14H2,1-3H3. The number of hydrogen-bond donors (Lipinski definition) is 1. The Labute approximate surface area is 99.0 Å². The van der Waals surface area contributed by atoms with Gasteiger partial charge in [-0.25, -0.2) is 0 Å². The zero-order valence-electron chi connectivity index (χ0n) is 10.7. The molecule has 1 heterocycles. The number of nitrogens with zero attached hydrogens (tertiary/aromatic N) is 3. The average molecular weight is 224 g/mol. The Morgan fingerprint density at radius 1 is 1.50 bits per heavy atom. The molecule has 0 amide bonds. The van der Waals surface area contributed by atoms with Gasteiger partial charge in [-0.15, -0.1) is 0 Å². The minimum atomic E-state index is -0.681. The summed E-state index contributed by atoms with van der Waals surface area (Å²) < 4.78 is 0. The molecule has 1 aliphatic rings. The van der Waals surface area contributed by atoms with Crippen molar-refractivity contribution >= 4 is 0 Å². The second-order valence-corrected chi connectivity index (χ2v) is 5.29. The Morgan fingerprint density at radius 2 is 2.06 bits per heavy atom. The SMILES string of the molecule is CN1CCC(N(C)CCC(C)(N)C#N)CC1. The largest absolute Gasteiger partial charge is 0.314 e. The molecule has 0 radical (unpaired) electrons. The van der Waals surface area contributed by atoms with E-state index in [1.54, 1.807) is 6.92 Å². The van der Waals surface area contributed by atoms with Crippen molar-refractivity contribution in [2.75, 3.05) is 33.7 Å². The van der Waals surface area contributed by atoms with Crippen molar-refractivity contribution in [3.05, 3.63) is 0 Å². The number of rotatable bonds is 4. The third kappa shape index (κ3) is 4.09. The first-order valence-electron chi connectivity index (χ1n) is 6.03. The van der Waals surface area contributed by atoms with E-state index >= 15 is 0 Å². The first-order valence-corrected chi connectivity index (χ1v) is 6.03. The molecule has 1 unspecified atom stereocenters. The van der Waals surface area contributed by atoms with E-state index in [9.17, 15) is 0 Å². The second-order valence-electron chi connectivity index (χ2n) is 5.29. The topological polar surface area (TPSA) is 56.3 Å². The van der Waals surface area contributed by atoms with Crippen molar-refractivity contribution in [1.29, 1.82) is 5.26 Å².